The Balaban J connectivity index is 2.17. The molecule has 0 aromatic rings. The molecule has 12 heavy (non-hydrogen) atoms. The van der Waals surface area contributed by atoms with E-state index in [1.54, 1.807) is 4.90 Å². The molecule has 1 aliphatic heterocycles. The summed E-state index contributed by atoms with van der Waals surface area (Å²) in [6, 6.07) is -0.150. The lowest BCUT2D eigenvalue weighted by Crippen LogP contribution is -2.36. The molecule has 0 spiro atoms. The Labute approximate surface area is 71.7 Å². The molecule has 1 saturated carbocycles. The van der Waals surface area contributed by atoms with E-state index in [2.05, 4.69) is 13.8 Å². The van der Waals surface area contributed by atoms with E-state index in [-0.39, 0.29) is 11.5 Å². The van der Waals surface area contributed by atoms with Gasteiger partial charge in [-0.25, -0.2) is 0 Å². The molecule has 0 aromatic carbocycles. The Hall–Kier alpha value is -0.860. The highest BCUT2D eigenvalue weighted by molar-refractivity contribution is 5.67. The molecule has 3 atom stereocenters. The van der Waals surface area contributed by atoms with Gasteiger partial charge in [0.1, 0.15) is 6.29 Å². The van der Waals surface area contributed by atoms with E-state index in [0.29, 0.717) is 11.8 Å². The molecule has 2 fully saturated rings. The van der Waals surface area contributed by atoms with Crippen LogP contribution in [0.3, 0.4) is 0 Å². The maximum absolute atomic E-state index is 10.7. The summed E-state index contributed by atoms with van der Waals surface area (Å²) in [5.74, 6) is 0.970. The molecule has 0 bridgehead atoms. The summed E-state index contributed by atoms with van der Waals surface area (Å²) in [4.78, 5) is 22.8. The molecule has 1 aliphatic carbocycles. The molecule has 0 unspecified atom stereocenters. The topological polar surface area (TPSA) is 37.4 Å². The van der Waals surface area contributed by atoms with E-state index in [0.717, 1.165) is 19.2 Å². The van der Waals surface area contributed by atoms with E-state index >= 15 is 0 Å². The normalized spacial score (nSPS) is 42.2. The van der Waals surface area contributed by atoms with Gasteiger partial charge in [0, 0.05) is 6.54 Å². The first-order valence-electron chi connectivity index (χ1n) is 4.29. The van der Waals surface area contributed by atoms with Crippen molar-refractivity contribution in [2.75, 3.05) is 6.54 Å². The van der Waals surface area contributed by atoms with Crippen molar-refractivity contribution in [3.8, 4) is 0 Å². The number of aldehydes is 1. The maximum Gasteiger partial charge on any atom is 0.210 e. The van der Waals surface area contributed by atoms with Gasteiger partial charge in [0.05, 0.1) is 6.04 Å². The summed E-state index contributed by atoms with van der Waals surface area (Å²) in [7, 11) is 0. The zero-order valence-corrected chi connectivity index (χ0v) is 7.36. The highest BCUT2D eigenvalue weighted by Crippen LogP contribution is 2.64. The third-order valence-corrected chi connectivity index (χ3v) is 3.57. The molecule has 0 radical (unpaired) electrons. The van der Waals surface area contributed by atoms with Gasteiger partial charge in [0.25, 0.3) is 0 Å². The van der Waals surface area contributed by atoms with Crippen LogP contribution in [0.2, 0.25) is 0 Å². The van der Waals surface area contributed by atoms with E-state index in [9.17, 15) is 9.59 Å². The Morgan fingerprint density at radius 2 is 2.08 bits per heavy atom. The lowest BCUT2D eigenvalue weighted by Gasteiger charge is -2.22. The van der Waals surface area contributed by atoms with Crippen molar-refractivity contribution in [2.45, 2.75) is 19.9 Å². The molecule has 1 saturated heterocycles. The molecule has 0 N–H and O–H groups in total. The van der Waals surface area contributed by atoms with Crippen LogP contribution in [0.4, 0.5) is 0 Å². The minimum absolute atomic E-state index is 0.150. The number of carbonyl (C=O) groups is 2. The van der Waals surface area contributed by atoms with Crippen molar-refractivity contribution in [1.82, 2.24) is 4.90 Å². The van der Waals surface area contributed by atoms with Crippen LogP contribution in [-0.4, -0.2) is 30.2 Å². The summed E-state index contributed by atoms with van der Waals surface area (Å²) >= 11 is 0. The summed E-state index contributed by atoms with van der Waals surface area (Å²) in [6.07, 6.45) is 1.70. The second kappa shape index (κ2) is 2.09. The van der Waals surface area contributed by atoms with Crippen molar-refractivity contribution >= 4 is 12.7 Å². The van der Waals surface area contributed by atoms with Crippen molar-refractivity contribution in [1.29, 1.82) is 0 Å². The van der Waals surface area contributed by atoms with Gasteiger partial charge in [-0.3, -0.25) is 4.79 Å². The largest absolute Gasteiger partial charge is 0.335 e. The van der Waals surface area contributed by atoms with Gasteiger partial charge in [-0.1, -0.05) is 13.8 Å². The van der Waals surface area contributed by atoms with Crippen LogP contribution >= 0.6 is 0 Å². The Morgan fingerprint density at radius 3 is 2.58 bits per heavy atom. The predicted octanol–water partition coefficient (Wildman–Crippen LogP) is 0.298. The Bertz CT molecular complexity index is 237. The quantitative estimate of drug-likeness (QED) is 0.555. The van der Waals surface area contributed by atoms with Crippen LogP contribution < -0.4 is 0 Å². The fourth-order valence-corrected chi connectivity index (χ4v) is 2.64. The van der Waals surface area contributed by atoms with Gasteiger partial charge in [-0.15, -0.1) is 0 Å². The molecule has 1 amide bonds. The number of hydrogen-bond acceptors (Lipinski definition) is 2. The highest BCUT2D eigenvalue weighted by atomic mass is 16.1. The molecule has 0 aromatic heterocycles. The van der Waals surface area contributed by atoms with Crippen molar-refractivity contribution in [3.05, 3.63) is 0 Å². The average molecular weight is 167 g/mol. The molecule has 1 heterocycles. The third kappa shape index (κ3) is 0.713. The first kappa shape index (κ1) is 7.77. The van der Waals surface area contributed by atoms with Crippen LogP contribution in [0.5, 0.6) is 0 Å². The van der Waals surface area contributed by atoms with E-state index in [4.69, 9.17) is 0 Å². The van der Waals surface area contributed by atoms with Crippen molar-refractivity contribution in [3.63, 3.8) is 0 Å². The number of rotatable bonds is 2. The number of likely N-dealkylation sites (tertiary alicyclic amines) is 1. The van der Waals surface area contributed by atoms with Gasteiger partial charge in [-0.05, 0) is 17.3 Å². The van der Waals surface area contributed by atoms with Crippen LogP contribution in [0.25, 0.3) is 0 Å². The van der Waals surface area contributed by atoms with Gasteiger partial charge < -0.3 is 9.69 Å². The molecule has 3 nitrogen and oxygen atoms in total. The zero-order chi connectivity index (χ0) is 8.93. The standard InChI is InChI=1S/C9H13NO2/c1-9(2)6-3-10(5-12)7(4-11)8(6)9/h4-8H,3H2,1-2H3/t6-,7+,8-/m0/s1. The van der Waals surface area contributed by atoms with E-state index in [1.165, 1.54) is 0 Å². The van der Waals surface area contributed by atoms with Crippen LogP contribution in [0.1, 0.15) is 13.8 Å². The Morgan fingerprint density at radius 1 is 1.42 bits per heavy atom. The molecular weight excluding hydrogens is 154 g/mol. The third-order valence-electron chi connectivity index (χ3n) is 3.57. The summed E-state index contributed by atoms with van der Waals surface area (Å²) in [6.45, 7) is 5.10. The Kier molecular flexibility index (Phi) is 1.35. The average Bonchev–Trinajstić information content (AvgIpc) is 2.50. The smallest absolute Gasteiger partial charge is 0.210 e. The van der Waals surface area contributed by atoms with E-state index < -0.39 is 0 Å². The first-order chi connectivity index (χ1) is 5.62. The SMILES string of the molecule is CC1(C)[C@@H]2[C@@H](C=O)N(C=O)C[C@@H]21. The van der Waals surface area contributed by atoms with Crippen molar-refractivity contribution < 1.29 is 9.59 Å². The fraction of sp³-hybridized carbons (Fsp3) is 0.778. The lowest BCUT2D eigenvalue weighted by molar-refractivity contribution is -0.125. The highest BCUT2D eigenvalue weighted by Gasteiger charge is 2.66. The predicted molar refractivity (Wildman–Crippen MR) is 43.4 cm³/mol. The number of fused-ring (bicyclic) bond motifs is 1. The van der Waals surface area contributed by atoms with Gasteiger partial charge in [0.2, 0.25) is 6.41 Å². The summed E-state index contributed by atoms with van der Waals surface area (Å²) in [5, 5.41) is 0. The van der Waals surface area contributed by atoms with Gasteiger partial charge >= 0.3 is 0 Å². The molecule has 3 heteroatoms. The van der Waals surface area contributed by atoms with Crippen LogP contribution in [0.15, 0.2) is 0 Å². The number of amides is 1. The second-order valence-electron chi connectivity index (χ2n) is 4.38. The number of nitrogens with zero attached hydrogens (tertiary/aromatic N) is 1. The van der Waals surface area contributed by atoms with Crippen LogP contribution in [0, 0.1) is 17.3 Å². The van der Waals surface area contributed by atoms with Gasteiger partial charge in [0.15, 0.2) is 0 Å². The zero-order valence-electron chi connectivity index (χ0n) is 7.36. The first-order valence-corrected chi connectivity index (χ1v) is 4.29. The lowest BCUT2D eigenvalue weighted by atomic mass is 10.0. The molecular formula is C9H13NO2. The maximum atomic E-state index is 10.7. The molecule has 66 valence electrons. The molecule has 2 aliphatic rings. The molecule has 2 rings (SSSR count). The monoisotopic (exact) mass is 167 g/mol. The van der Waals surface area contributed by atoms with Crippen molar-refractivity contribution in [2.24, 2.45) is 17.3 Å². The van der Waals surface area contributed by atoms with Gasteiger partial charge in [-0.2, -0.15) is 0 Å². The summed E-state index contributed by atoms with van der Waals surface area (Å²) < 4.78 is 0. The number of piperidine rings is 1. The summed E-state index contributed by atoms with van der Waals surface area (Å²) in [5.41, 5.74) is 0.283. The number of hydrogen-bond donors (Lipinski definition) is 0. The number of carbonyl (C=O) groups excluding carboxylic acids is 2. The second-order valence-corrected chi connectivity index (χ2v) is 4.38. The fourth-order valence-electron chi connectivity index (χ4n) is 2.64. The minimum Gasteiger partial charge on any atom is -0.335 e. The minimum atomic E-state index is -0.150. The van der Waals surface area contributed by atoms with Crippen LogP contribution in [-0.2, 0) is 9.59 Å². The van der Waals surface area contributed by atoms with E-state index in [1.807, 2.05) is 0 Å².